The highest BCUT2D eigenvalue weighted by atomic mass is 16.6. The van der Waals surface area contributed by atoms with Gasteiger partial charge in [-0.2, -0.15) is 0 Å². The number of likely N-dealkylation sites (N-methyl/N-ethyl adjacent to an activating group) is 1. The summed E-state index contributed by atoms with van der Waals surface area (Å²) in [5, 5.41) is 9.31. The van der Waals surface area contributed by atoms with Crippen molar-refractivity contribution in [3.8, 4) is 0 Å². The van der Waals surface area contributed by atoms with Crippen molar-refractivity contribution < 1.29 is 14.6 Å². The Kier molecular flexibility index (Phi) is 4.38. The van der Waals surface area contributed by atoms with Crippen molar-refractivity contribution >= 4 is 6.09 Å². The summed E-state index contributed by atoms with van der Waals surface area (Å²) in [6.45, 7) is 6.85. The molecule has 100 valence electrons. The van der Waals surface area contributed by atoms with E-state index >= 15 is 0 Å². The lowest BCUT2D eigenvalue weighted by Crippen LogP contribution is -2.38. The second-order valence-electron chi connectivity index (χ2n) is 5.86. The summed E-state index contributed by atoms with van der Waals surface area (Å²) in [5.74, 6) is 0.109. The first kappa shape index (κ1) is 14.3. The largest absolute Gasteiger partial charge is 0.444 e. The molecule has 0 saturated carbocycles. The summed E-state index contributed by atoms with van der Waals surface area (Å²) in [5.41, 5.74) is -0.470. The Hall–Kier alpha value is -0.810. The van der Waals surface area contributed by atoms with Crippen molar-refractivity contribution in [2.45, 2.75) is 32.4 Å². The van der Waals surface area contributed by atoms with Crippen LogP contribution in [-0.2, 0) is 4.74 Å². The van der Waals surface area contributed by atoms with E-state index in [0.29, 0.717) is 13.1 Å². The summed E-state index contributed by atoms with van der Waals surface area (Å²) in [7, 11) is 3.93. The van der Waals surface area contributed by atoms with E-state index in [-0.39, 0.29) is 24.7 Å². The maximum absolute atomic E-state index is 11.9. The molecule has 0 aromatic rings. The highest BCUT2D eigenvalue weighted by molar-refractivity contribution is 5.68. The number of aliphatic hydroxyl groups excluding tert-OH is 1. The standard InChI is InChI=1S/C12H24N2O3/c1-12(2,3)17-11(16)14-6-9(8-15)10(7-14)13(4)5/h9-10,15H,6-8H2,1-5H3/t9-,10+/m0/s1. The van der Waals surface area contributed by atoms with Crippen molar-refractivity contribution in [2.75, 3.05) is 33.8 Å². The van der Waals surface area contributed by atoms with Crippen LogP contribution in [0.15, 0.2) is 0 Å². The molecular weight excluding hydrogens is 220 g/mol. The van der Waals surface area contributed by atoms with Gasteiger partial charge in [-0.25, -0.2) is 4.79 Å². The number of rotatable bonds is 2. The first-order chi connectivity index (χ1) is 7.74. The molecule has 2 atom stereocenters. The van der Waals surface area contributed by atoms with Gasteiger partial charge in [-0.3, -0.25) is 0 Å². The number of hydrogen-bond acceptors (Lipinski definition) is 4. The molecule has 0 aliphatic carbocycles. The minimum absolute atomic E-state index is 0.0993. The van der Waals surface area contributed by atoms with Gasteiger partial charge in [0.25, 0.3) is 0 Å². The SMILES string of the molecule is CN(C)[C@@H]1CN(C(=O)OC(C)(C)C)C[C@H]1CO. The Morgan fingerprint density at radius 2 is 2.00 bits per heavy atom. The van der Waals surface area contributed by atoms with Gasteiger partial charge in [0.05, 0.1) is 0 Å². The monoisotopic (exact) mass is 244 g/mol. The van der Waals surface area contributed by atoms with Crippen LogP contribution in [0.25, 0.3) is 0 Å². The van der Waals surface area contributed by atoms with Gasteiger partial charge in [0, 0.05) is 31.7 Å². The number of amides is 1. The van der Waals surface area contributed by atoms with Gasteiger partial charge < -0.3 is 19.6 Å². The van der Waals surface area contributed by atoms with Crippen LogP contribution >= 0.6 is 0 Å². The van der Waals surface area contributed by atoms with Crippen LogP contribution in [0.1, 0.15) is 20.8 Å². The van der Waals surface area contributed by atoms with E-state index < -0.39 is 5.60 Å². The van der Waals surface area contributed by atoms with E-state index in [2.05, 4.69) is 0 Å². The zero-order valence-electron chi connectivity index (χ0n) is 11.4. The van der Waals surface area contributed by atoms with Crippen LogP contribution in [0.2, 0.25) is 0 Å². The van der Waals surface area contributed by atoms with Crippen molar-refractivity contribution in [3.05, 3.63) is 0 Å². The molecule has 0 bridgehead atoms. The number of carbonyl (C=O) groups excluding carboxylic acids is 1. The first-order valence-electron chi connectivity index (χ1n) is 6.00. The molecule has 0 aromatic carbocycles. The molecule has 0 radical (unpaired) electrons. The molecule has 1 heterocycles. The van der Waals surface area contributed by atoms with E-state index in [1.165, 1.54) is 0 Å². The fourth-order valence-electron chi connectivity index (χ4n) is 2.09. The molecule has 0 aromatic heterocycles. The molecule has 1 rings (SSSR count). The van der Waals surface area contributed by atoms with Crippen LogP contribution in [0.3, 0.4) is 0 Å². The molecule has 5 nitrogen and oxygen atoms in total. The average Bonchev–Trinajstić information content (AvgIpc) is 2.58. The van der Waals surface area contributed by atoms with E-state index in [1.54, 1.807) is 4.90 Å². The van der Waals surface area contributed by atoms with Crippen molar-refractivity contribution in [1.29, 1.82) is 0 Å². The summed E-state index contributed by atoms with van der Waals surface area (Å²) in [4.78, 5) is 15.6. The fourth-order valence-corrected chi connectivity index (χ4v) is 2.09. The molecule has 0 spiro atoms. The lowest BCUT2D eigenvalue weighted by atomic mass is 10.0. The number of hydrogen-bond donors (Lipinski definition) is 1. The van der Waals surface area contributed by atoms with Crippen molar-refractivity contribution in [1.82, 2.24) is 9.80 Å². The number of carbonyl (C=O) groups is 1. The van der Waals surface area contributed by atoms with Gasteiger partial charge in [0.2, 0.25) is 0 Å². The van der Waals surface area contributed by atoms with Gasteiger partial charge in [-0.05, 0) is 34.9 Å². The smallest absolute Gasteiger partial charge is 0.410 e. The third-order valence-electron chi connectivity index (χ3n) is 2.96. The predicted molar refractivity (Wildman–Crippen MR) is 65.9 cm³/mol. The molecule has 0 unspecified atom stereocenters. The maximum Gasteiger partial charge on any atom is 0.410 e. The Labute approximate surface area is 103 Å². The van der Waals surface area contributed by atoms with Crippen molar-refractivity contribution in [2.24, 2.45) is 5.92 Å². The van der Waals surface area contributed by atoms with Crippen LogP contribution in [0.4, 0.5) is 4.79 Å². The minimum Gasteiger partial charge on any atom is -0.444 e. The summed E-state index contributed by atoms with van der Waals surface area (Å²) in [6, 6.07) is 0.201. The van der Waals surface area contributed by atoms with Crippen molar-refractivity contribution in [3.63, 3.8) is 0 Å². The Morgan fingerprint density at radius 1 is 1.41 bits per heavy atom. The number of aliphatic hydroxyl groups is 1. The Morgan fingerprint density at radius 3 is 2.35 bits per heavy atom. The molecular formula is C12H24N2O3. The molecule has 1 aliphatic heterocycles. The lowest BCUT2D eigenvalue weighted by molar-refractivity contribution is 0.0279. The molecule has 17 heavy (non-hydrogen) atoms. The molecule has 5 heteroatoms. The first-order valence-corrected chi connectivity index (χ1v) is 6.00. The van der Waals surface area contributed by atoms with E-state index in [0.717, 1.165) is 0 Å². The van der Waals surface area contributed by atoms with Gasteiger partial charge in [-0.15, -0.1) is 0 Å². The molecule has 1 saturated heterocycles. The summed E-state index contributed by atoms with van der Waals surface area (Å²) >= 11 is 0. The highest BCUT2D eigenvalue weighted by Crippen LogP contribution is 2.22. The Balaban J connectivity index is 2.61. The third kappa shape index (κ3) is 3.85. The van der Waals surface area contributed by atoms with Crippen LogP contribution < -0.4 is 0 Å². The zero-order chi connectivity index (χ0) is 13.2. The van der Waals surface area contributed by atoms with E-state index in [9.17, 15) is 9.90 Å². The fraction of sp³-hybridized carbons (Fsp3) is 0.917. The lowest BCUT2D eigenvalue weighted by Gasteiger charge is -2.25. The maximum atomic E-state index is 11.9. The summed E-state index contributed by atoms with van der Waals surface area (Å²) in [6.07, 6.45) is -0.291. The average molecular weight is 244 g/mol. The molecule has 1 aliphatic rings. The topological polar surface area (TPSA) is 53.0 Å². The number of likely N-dealkylation sites (tertiary alicyclic amines) is 1. The summed E-state index contributed by atoms with van der Waals surface area (Å²) < 4.78 is 5.33. The molecule has 1 amide bonds. The van der Waals surface area contributed by atoms with E-state index in [4.69, 9.17) is 4.74 Å². The third-order valence-corrected chi connectivity index (χ3v) is 2.96. The normalized spacial score (nSPS) is 25.5. The van der Waals surface area contributed by atoms with Gasteiger partial charge >= 0.3 is 6.09 Å². The van der Waals surface area contributed by atoms with Gasteiger partial charge in [0.1, 0.15) is 5.60 Å². The zero-order valence-corrected chi connectivity index (χ0v) is 11.4. The molecule has 1 N–H and O–H groups in total. The second-order valence-corrected chi connectivity index (χ2v) is 5.86. The molecule has 1 fully saturated rings. The van der Waals surface area contributed by atoms with Crippen LogP contribution in [-0.4, -0.2) is 66.4 Å². The Bertz CT molecular complexity index is 273. The highest BCUT2D eigenvalue weighted by Gasteiger charge is 2.37. The minimum atomic E-state index is -0.470. The van der Waals surface area contributed by atoms with Gasteiger partial charge in [-0.1, -0.05) is 0 Å². The van der Waals surface area contributed by atoms with Crippen LogP contribution in [0.5, 0.6) is 0 Å². The quantitative estimate of drug-likeness (QED) is 0.780. The second kappa shape index (κ2) is 5.23. The van der Waals surface area contributed by atoms with Gasteiger partial charge in [0.15, 0.2) is 0 Å². The van der Waals surface area contributed by atoms with E-state index in [1.807, 2.05) is 39.8 Å². The predicted octanol–water partition coefficient (Wildman–Crippen LogP) is 0.776. The van der Waals surface area contributed by atoms with Crippen LogP contribution in [0, 0.1) is 5.92 Å². The number of ether oxygens (including phenoxy) is 1. The number of nitrogens with zero attached hydrogens (tertiary/aromatic N) is 2.